The third-order valence-electron chi connectivity index (χ3n) is 4.36. The Bertz CT molecular complexity index is 881. The number of hydrogen-bond donors (Lipinski definition) is 1. The predicted octanol–water partition coefficient (Wildman–Crippen LogP) is 3.09. The molecule has 0 aliphatic carbocycles. The summed E-state index contributed by atoms with van der Waals surface area (Å²) in [5, 5.41) is 2.90. The van der Waals surface area contributed by atoms with Crippen LogP contribution in [-0.2, 0) is 13.0 Å². The number of carbonyl (C=O) groups excluding carboxylic acids is 1. The van der Waals surface area contributed by atoms with Gasteiger partial charge in [0.05, 0.1) is 12.7 Å². The van der Waals surface area contributed by atoms with E-state index in [9.17, 15) is 4.79 Å². The van der Waals surface area contributed by atoms with E-state index in [0.29, 0.717) is 24.6 Å². The number of nitrogens with one attached hydrogen (secondary N) is 1. The minimum atomic E-state index is -0.175. The third-order valence-corrected chi connectivity index (χ3v) is 4.36. The Kier molecular flexibility index (Phi) is 6.57. The molecular formula is C22H24N4O2. The fraction of sp³-hybridized carbons (Fsp3) is 0.227. The molecule has 1 amide bonds. The zero-order valence-corrected chi connectivity index (χ0v) is 16.1. The highest BCUT2D eigenvalue weighted by Crippen LogP contribution is 2.12. The van der Waals surface area contributed by atoms with Crippen molar-refractivity contribution in [3.8, 4) is 5.75 Å². The summed E-state index contributed by atoms with van der Waals surface area (Å²) in [5.74, 6) is 1.23. The minimum Gasteiger partial charge on any atom is -0.497 e. The second-order valence-electron chi connectivity index (χ2n) is 6.47. The summed E-state index contributed by atoms with van der Waals surface area (Å²) < 4.78 is 5.14. The van der Waals surface area contributed by atoms with Gasteiger partial charge in [0.15, 0.2) is 0 Å². The maximum Gasteiger partial charge on any atom is 0.254 e. The monoisotopic (exact) mass is 376 g/mol. The zero-order chi connectivity index (χ0) is 19.8. The third kappa shape index (κ3) is 5.30. The van der Waals surface area contributed by atoms with Crippen LogP contribution in [0, 0.1) is 0 Å². The number of nitrogens with zero attached hydrogens (tertiary/aromatic N) is 3. The van der Waals surface area contributed by atoms with E-state index in [1.165, 1.54) is 5.56 Å². The molecule has 0 radical (unpaired) electrons. The Morgan fingerprint density at radius 1 is 1.00 bits per heavy atom. The van der Waals surface area contributed by atoms with Crippen molar-refractivity contribution in [3.05, 3.63) is 83.7 Å². The molecule has 3 aromatic rings. The summed E-state index contributed by atoms with van der Waals surface area (Å²) >= 11 is 0. The molecule has 0 aliphatic heterocycles. The van der Waals surface area contributed by atoms with Crippen molar-refractivity contribution in [1.29, 1.82) is 0 Å². The molecule has 28 heavy (non-hydrogen) atoms. The summed E-state index contributed by atoms with van der Waals surface area (Å²) in [5.41, 5.74) is 2.76. The second kappa shape index (κ2) is 9.50. The molecule has 6 heteroatoms. The van der Waals surface area contributed by atoms with E-state index < -0.39 is 0 Å². The molecule has 0 atom stereocenters. The maximum absolute atomic E-state index is 12.3. The molecule has 1 heterocycles. The fourth-order valence-corrected chi connectivity index (χ4v) is 2.78. The first-order valence-electron chi connectivity index (χ1n) is 9.14. The first-order valence-corrected chi connectivity index (χ1v) is 9.14. The number of ether oxygens (including phenoxy) is 1. The topological polar surface area (TPSA) is 67.3 Å². The Labute approximate surface area is 165 Å². The van der Waals surface area contributed by atoms with Crippen molar-refractivity contribution < 1.29 is 9.53 Å². The first-order chi connectivity index (χ1) is 13.7. The number of methoxy groups -OCH3 is 1. The number of benzene rings is 2. The average molecular weight is 376 g/mol. The van der Waals surface area contributed by atoms with Gasteiger partial charge in [0.2, 0.25) is 5.95 Å². The van der Waals surface area contributed by atoms with E-state index in [0.717, 1.165) is 17.7 Å². The normalized spacial score (nSPS) is 10.4. The van der Waals surface area contributed by atoms with Gasteiger partial charge in [0.25, 0.3) is 5.91 Å². The highest BCUT2D eigenvalue weighted by atomic mass is 16.5. The lowest BCUT2D eigenvalue weighted by atomic mass is 10.1. The Morgan fingerprint density at radius 3 is 2.32 bits per heavy atom. The van der Waals surface area contributed by atoms with Crippen LogP contribution < -0.4 is 15.0 Å². The smallest absolute Gasteiger partial charge is 0.254 e. The van der Waals surface area contributed by atoms with Gasteiger partial charge < -0.3 is 15.0 Å². The number of hydrogen-bond acceptors (Lipinski definition) is 5. The van der Waals surface area contributed by atoms with E-state index >= 15 is 0 Å². The van der Waals surface area contributed by atoms with Crippen LogP contribution in [0.4, 0.5) is 5.95 Å². The molecular weight excluding hydrogens is 352 g/mol. The molecule has 1 aromatic heterocycles. The maximum atomic E-state index is 12.3. The average Bonchev–Trinajstić information content (AvgIpc) is 2.75. The van der Waals surface area contributed by atoms with Crippen LogP contribution in [0.1, 0.15) is 21.5 Å². The highest BCUT2D eigenvalue weighted by molar-refractivity contribution is 5.93. The van der Waals surface area contributed by atoms with E-state index in [1.807, 2.05) is 54.4 Å². The molecule has 0 unspecified atom stereocenters. The van der Waals surface area contributed by atoms with Crippen LogP contribution in [0.5, 0.6) is 5.75 Å². The molecule has 0 spiro atoms. The van der Waals surface area contributed by atoms with E-state index in [4.69, 9.17) is 4.74 Å². The fourth-order valence-electron chi connectivity index (χ4n) is 2.78. The van der Waals surface area contributed by atoms with Crippen LogP contribution >= 0.6 is 0 Å². The number of amides is 1. The van der Waals surface area contributed by atoms with Gasteiger partial charge >= 0.3 is 0 Å². The lowest BCUT2D eigenvalue weighted by molar-refractivity contribution is 0.0953. The summed E-state index contributed by atoms with van der Waals surface area (Å²) in [6.07, 6.45) is 3.87. The van der Waals surface area contributed by atoms with Gasteiger partial charge in [-0.2, -0.15) is 0 Å². The molecule has 2 aromatic carbocycles. The Hall–Kier alpha value is -3.41. The van der Waals surface area contributed by atoms with Crippen LogP contribution in [0.3, 0.4) is 0 Å². The van der Waals surface area contributed by atoms with E-state index in [2.05, 4.69) is 27.4 Å². The van der Waals surface area contributed by atoms with E-state index in [1.54, 1.807) is 19.5 Å². The summed E-state index contributed by atoms with van der Waals surface area (Å²) in [6.45, 7) is 1.25. The standard InChI is InChI=1S/C22H24N4O2/c1-26(16-18-6-4-3-5-7-18)22-24-14-19(15-25-22)21(27)23-13-12-17-8-10-20(28-2)11-9-17/h3-11,14-15H,12-13,16H2,1-2H3,(H,23,27). The molecule has 1 N–H and O–H groups in total. The van der Waals surface area contributed by atoms with Gasteiger partial charge in [-0.05, 0) is 29.7 Å². The molecule has 0 aliphatic rings. The van der Waals surface area contributed by atoms with Gasteiger partial charge in [-0.25, -0.2) is 9.97 Å². The van der Waals surface area contributed by atoms with E-state index in [-0.39, 0.29) is 5.91 Å². The van der Waals surface area contributed by atoms with Gasteiger partial charge in [-0.15, -0.1) is 0 Å². The van der Waals surface area contributed by atoms with Crippen LogP contribution in [-0.4, -0.2) is 36.6 Å². The summed E-state index contributed by atoms with van der Waals surface area (Å²) in [6, 6.07) is 17.9. The summed E-state index contributed by atoms with van der Waals surface area (Å²) in [4.78, 5) is 22.9. The molecule has 0 saturated heterocycles. The van der Waals surface area contributed by atoms with Crippen LogP contribution in [0.25, 0.3) is 0 Å². The lowest BCUT2D eigenvalue weighted by Crippen LogP contribution is -2.26. The molecule has 3 rings (SSSR count). The molecule has 0 bridgehead atoms. The van der Waals surface area contributed by atoms with Crippen molar-refractivity contribution in [2.45, 2.75) is 13.0 Å². The molecule has 0 saturated carbocycles. The van der Waals surface area contributed by atoms with Crippen molar-refractivity contribution in [2.75, 3.05) is 25.6 Å². The molecule has 144 valence electrons. The van der Waals surface area contributed by atoms with Gasteiger partial charge in [0, 0.05) is 32.5 Å². The van der Waals surface area contributed by atoms with Gasteiger partial charge in [0.1, 0.15) is 5.75 Å². The Morgan fingerprint density at radius 2 is 1.68 bits per heavy atom. The quantitative estimate of drug-likeness (QED) is 0.654. The lowest BCUT2D eigenvalue weighted by Gasteiger charge is -2.17. The van der Waals surface area contributed by atoms with Crippen molar-refractivity contribution >= 4 is 11.9 Å². The van der Waals surface area contributed by atoms with Crippen LogP contribution in [0.2, 0.25) is 0 Å². The van der Waals surface area contributed by atoms with Crippen LogP contribution in [0.15, 0.2) is 67.0 Å². The van der Waals surface area contributed by atoms with Crippen molar-refractivity contribution in [1.82, 2.24) is 15.3 Å². The molecule has 6 nitrogen and oxygen atoms in total. The van der Waals surface area contributed by atoms with Gasteiger partial charge in [-0.3, -0.25) is 4.79 Å². The SMILES string of the molecule is COc1ccc(CCNC(=O)c2cnc(N(C)Cc3ccccc3)nc2)cc1. The zero-order valence-electron chi connectivity index (χ0n) is 16.1. The van der Waals surface area contributed by atoms with Gasteiger partial charge in [-0.1, -0.05) is 42.5 Å². The Balaban J connectivity index is 1.50. The van der Waals surface area contributed by atoms with Crippen molar-refractivity contribution in [2.24, 2.45) is 0 Å². The summed E-state index contributed by atoms with van der Waals surface area (Å²) in [7, 11) is 3.57. The van der Waals surface area contributed by atoms with Crippen molar-refractivity contribution in [3.63, 3.8) is 0 Å². The number of aromatic nitrogens is 2. The number of rotatable bonds is 8. The minimum absolute atomic E-state index is 0.175. The highest BCUT2D eigenvalue weighted by Gasteiger charge is 2.09. The largest absolute Gasteiger partial charge is 0.497 e. The number of anilines is 1. The predicted molar refractivity (Wildman–Crippen MR) is 110 cm³/mol. The second-order valence-corrected chi connectivity index (χ2v) is 6.47. The molecule has 0 fully saturated rings. The number of carbonyl (C=O) groups is 1. The first kappa shape index (κ1) is 19.4.